The normalized spacial score (nSPS) is 17.0. The van der Waals surface area contributed by atoms with Crippen molar-refractivity contribution >= 4 is 34.0 Å². The molecule has 1 aliphatic rings. The van der Waals surface area contributed by atoms with Gasteiger partial charge in [0, 0.05) is 17.1 Å². The van der Waals surface area contributed by atoms with Crippen LogP contribution in [0, 0.1) is 0 Å². The summed E-state index contributed by atoms with van der Waals surface area (Å²) < 4.78 is 25.3. The zero-order valence-corrected chi connectivity index (χ0v) is 13.6. The summed E-state index contributed by atoms with van der Waals surface area (Å²) in [6.45, 7) is 1.08. The first-order chi connectivity index (χ1) is 11.3. The van der Waals surface area contributed by atoms with E-state index in [0.29, 0.717) is 34.3 Å². The molecule has 1 saturated heterocycles. The first-order valence-corrected chi connectivity index (χ1v) is 8.60. The van der Waals surface area contributed by atoms with Crippen molar-refractivity contribution in [3.8, 4) is 0 Å². The Hall–Kier alpha value is -1.57. The van der Waals surface area contributed by atoms with Gasteiger partial charge in [0.2, 0.25) is 0 Å². The average Bonchev–Trinajstić information content (AvgIpc) is 3.25. The molecular formula is C16H13ClN2O3S. The Bertz CT molecular complexity index is 834. The summed E-state index contributed by atoms with van der Waals surface area (Å²) >= 11 is 5.10. The number of pyridine rings is 1. The molecular weight excluding hydrogens is 336 g/mol. The number of aromatic nitrogens is 2. The molecule has 0 bridgehead atoms. The Kier molecular flexibility index (Phi) is 4.00. The van der Waals surface area contributed by atoms with Crippen molar-refractivity contribution in [2.75, 3.05) is 13.2 Å². The van der Waals surface area contributed by atoms with E-state index in [0.717, 1.165) is 5.39 Å². The average molecular weight is 349 g/mol. The van der Waals surface area contributed by atoms with Crippen LogP contribution in [0.3, 0.4) is 0 Å². The molecule has 5 nitrogen and oxygen atoms in total. The van der Waals surface area contributed by atoms with E-state index in [9.17, 15) is 4.55 Å². The molecule has 7 heteroatoms. The van der Waals surface area contributed by atoms with Crippen LogP contribution < -0.4 is 0 Å². The van der Waals surface area contributed by atoms with Crippen LogP contribution in [0.2, 0.25) is 5.02 Å². The topological polar surface area (TPSA) is 59.3 Å². The van der Waals surface area contributed by atoms with Gasteiger partial charge < -0.3 is 14.0 Å². The van der Waals surface area contributed by atoms with Crippen LogP contribution in [0.25, 0.3) is 11.0 Å². The number of benzene rings is 1. The van der Waals surface area contributed by atoms with Gasteiger partial charge in [0.1, 0.15) is 11.4 Å². The van der Waals surface area contributed by atoms with Gasteiger partial charge in [-0.2, -0.15) is 0 Å². The quantitative estimate of drug-likeness (QED) is 0.681. The zero-order valence-electron chi connectivity index (χ0n) is 12.0. The SMILES string of the molecule is [O-][S+](c1ccccc1)n1ccc2c(Cl)c(C3OCCO3)cnc21. The molecule has 0 aliphatic carbocycles. The molecule has 3 heterocycles. The van der Waals surface area contributed by atoms with Gasteiger partial charge >= 0.3 is 0 Å². The predicted molar refractivity (Wildman–Crippen MR) is 87.6 cm³/mol. The van der Waals surface area contributed by atoms with Gasteiger partial charge in [0.25, 0.3) is 0 Å². The van der Waals surface area contributed by atoms with Crippen LogP contribution >= 0.6 is 11.6 Å². The van der Waals surface area contributed by atoms with Gasteiger partial charge in [-0.15, -0.1) is 3.97 Å². The molecule has 1 unspecified atom stereocenters. The molecule has 0 N–H and O–H groups in total. The van der Waals surface area contributed by atoms with Gasteiger partial charge in [-0.05, 0) is 18.2 Å². The van der Waals surface area contributed by atoms with E-state index >= 15 is 0 Å². The minimum Gasteiger partial charge on any atom is -0.587 e. The summed E-state index contributed by atoms with van der Waals surface area (Å²) in [6.07, 6.45) is 2.87. The number of nitrogens with zero attached hydrogens (tertiary/aromatic N) is 2. The highest BCUT2D eigenvalue weighted by Crippen LogP contribution is 2.34. The monoisotopic (exact) mass is 348 g/mol. The second-order valence-electron chi connectivity index (χ2n) is 5.04. The molecule has 0 saturated carbocycles. The number of hydrogen-bond acceptors (Lipinski definition) is 4. The Morgan fingerprint density at radius 3 is 2.65 bits per heavy atom. The van der Waals surface area contributed by atoms with Crippen molar-refractivity contribution in [3.05, 3.63) is 59.4 Å². The van der Waals surface area contributed by atoms with E-state index in [-0.39, 0.29) is 0 Å². The molecule has 1 aromatic carbocycles. The summed E-state index contributed by atoms with van der Waals surface area (Å²) in [4.78, 5) is 5.12. The van der Waals surface area contributed by atoms with Crippen LogP contribution in [0.4, 0.5) is 0 Å². The summed E-state index contributed by atoms with van der Waals surface area (Å²) in [7, 11) is 0. The second-order valence-corrected chi connectivity index (χ2v) is 6.78. The molecule has 1 fully saturated rings. The minimum atomic E-state index is -1.37. The Balaban J connectivity index is 1.77. The maximum atomic E-state index is 12.7. The van der Waals surface area contributed by atoms with Crippen molar-refractivity contribution in [1.29, 1.82) is 0 Å². The van der Waals surface area contributed by atoms with Gasteiger partial charge in [-0.3, -0.25) is 0 Å². The highest BCUT2D eigenvalue weighted by Gasteiger charge is 2.25. The maximum absolute atomic E-state index is 12.7. The fourth-order valence-corrected chi connectivity index (χ4v) is 3.91. The van der Waals surface area contributed by atoms with E-state index < -0.39 is 17.7 Å². The summed E-state index contributed by atoms with van der Waals surface area (Å²) in [6, 6.07) is 11.0. The smallest absolute Gasteiger partial charge is 0.188 e. The summed E-state index contributed by atoms with van der Waals surface area (Å²) in [5.74, 6) is 0. The number of halogens is 1. The van der Waals surface area contributed by atoms with Crippen LogP contribution in [-0.4, -0.2) is 26.7 Å². The first-order valence-electron chi connectivity index (χ1n) is 7.11. The van der Waals surface area contributed by atoms with E-state index in [1.807, 2.05) is 36.4 Å². The number of rotatable bonds is 3. The third-order valence-electron chi connectivity index (χ3n) is 3.64. The molecule has 2 aromatic heterocycles. The van der Waals surface area contributed by atoms with Crippen molar-refractivity contribution in [1.82, 2.24) is 8.96 Å². The molecule has 118 valence electrons. The van der Waals surface area contributed by atoms with Crippen molar-refractivity contribution < 1.29 is 14.0 Å². The highest BCUT2D eigenvalue weighted by molar-refractivity contribution is 7.90. The fourth-order valence-electron chi connectivity index (χ4n) is 2.53. The van der Waals surface area contributed by atoms with E-state index in [4.69, 9.17) is 21.1 Å². The van der Waals surface area contributed by atoms with Crippen LogP contribution in [-0.2, 0) is 20.8 Å². The molecule has 23 heavy (non-hydrogen) atoms. The van der Waals surface area contributed by atoms with Gasteiger partial charge in [0.05, 0.1) is 24.4 Å². The number of fused-ring (bicyclic) bond motifs is 1. The maximum Gasteiger partial charge on any atom is 0.188 e. The van der Waals surface area contributed by atoms with Crippen LogP contribution in [0.5, 0.6) is 0 Å². The first kappa shape index (κ1) is 15.0. The molecule has 0 radical (unpaired) electrons. The summed E-state index contributed by atoms with van der Waals surface area (Å²) in [5, 5.41) is 1.25. The largest absolute Gasteiger partial charge is 0.587 e. The molecule has 1 atom stereocenters. The molecule has 0 spiro atoms. The number of hydrogen-bond donors (Lipinski definition) is 0. The Morgan fingerprint density at radius 2 is 1.91 bits per heavy atom. The molecule has 1 aliphatic heterocycles. The zero-order chi connectivity index (χ0) is 15.8. The highest BCUT2D eigenvalue weighted by atomic mass is 35.5. The third kappa shape index (κ3) is 2.62. The van der Waals surface area contributed by atoms with Gasteiger partial charge in [0.15, 0.2) is 16.8 Å². The molecule has 4 rings (SSSR count). The predicted octanol–water partition coefficient (Wildman–Crippen LogP) is 3.31. The minimum absolute atomic E-state index is 0.484. The molecule has 0 amide bonds. The Labute approximate surface area is 141 Å². The van der Waals surface area contributed by atoms with E-state index in [1.165, 1.54) is 0 Å². The summed E-state index contributed by atoms with van der Waals surface area (Å²) in [5.41, 5.74) is 1.26. The lowest BCUT2D eigenvalue weighted by atomic mass is 10.2. The van der Waals surface area contributed by atoms with Gasteiger partial charge in [-0.25, -0.2) is 4.98 Å². The van der Waals surface area contributed by atoms with E-state index in [1.54, 1.807) is 16.4 Å². The van der Waals surface area contributed by atoms with Crippen molar-refractivity contribution in [3.63, 3.8) is 0 Å². The fraction of sp³-hybridized carbons (Fsp3) is 0.188. The van der Waals surface area contributed by atoms with Crippen molar-refractivity contribution in [2.24, 2.45) is 0 Å². The molecule has 3 aromatic rings. The lowest BCUT2D eigenvalue weighted by molar-refractivity contribution is -0.0441. The van der Waals surface area contributed by atoms with Crippen LogP contribution in [0.15, 0.2) is 53.7 Å². The lowest BCUT2D eigenvalue weighted by Crippen LogP contribution is -2.12. The van der Waals surface area contributed by atoms with E-state index in [2.05, 4.69) is 4.98 Å². The third-order valence-corrected chi connectivity index (χ3v) is 5.39. The second kappa shape index (κ2) is 6.14. The number of ether oxygens (including phenoxy) is 2. The van der Waals surface area contributed by atoms with Gasteiger partial charge in [-0.1, -0.05) is 29.8 Å². The van der Waals surface area contributed by atoms with Crippen LogP contribution in [0.1, 0.15) is 11.9 Å². The van der Waals surface area contributed by atoms with Crippen molar-refractivity contribution in [2.45, 2.75) is 11.2 Å². The lowest BCUT2D eigenvalue weighted by Gasteiger charge is -2.13. The Morgan fingerprint density at radius 1 is 1.17 bits per heavy atom. The standard InChI is InChI=1S/C16H13ClN2O3S/c17-14-12-6-7-19(23(20)11-4-2-1-3-5-11)15(12)18-10-13(14)16-21-8-9-22-16/h1-7,10,16H,8-9H2.